The van der Waals surface area contributed by atoms with Gasteiger partial charge >= 0.3 is 0 Å². The third kappa shape index (κ3) is 1.97. The van der Waals surface area contributed by atoms with Crippen molar-refractivity contribution >= 4 is 11.6 Å². The van der Waals surface area contributed by atoms with Gasteiger partial charge in [-0.15, -0.1) is 0 Å². The van der Waals surface area contributed by atoms with Crippen LogP contribution in [0, 0.1) is 5.41 Å². The molecule has 3 N–H and O–H groups in total. The number of nitrogens with zero attached hydrogens (tertiary/aromatic N) is 1. The zero-order chi connectivity index (χ0) is 10.0. The van der Waals surface area contributed by atoms with Gasteiger partial charge < -0.3 is 11.1 Å². The predicted molar refractivity (Wildman–Crippen MR) is 59.1 cm³/mol. The van der Waals surface area contributed by atoms with E-state index in [0.717, 1.165) is 12.4 Å². The van der Waals surface area contributed by atoms with E-state index in [9.17, 15) is 0 Å². The van der Waals surface area contributed by atoms with Crippen LogP contribution in [0.3, 0.4) is 0 Å². The molecule has 0 aromatic carbocycles. The number of pyridine rings is 1. The van der Waals surface area contributed by atoms with Crippen molar-refractivity contribution in [3.8, 4) is 0 Å². The summed E-state index contributed by atoms with van der Waals surface area (Å²) in [6.45, 7) is 3.32. The number of anilines is 2. The highest BCUT2D eigenvalue weighted by atomic mass is 15.0. The van der Waals surface area contributed by atoms with Crippen molar-refractivity contribution in [3.63, 3.8) is 0 Å². The summed E-state index contributed by atoms with van der Waals surface area (Å²) in [7, 11) is 0. The normalized spacial score (nSPS) is 18.6. The molecule has 0 saturated heterocycles. The first-order valence-corrected chi connectivity index (χ1v) is 5.14. The summed E-state index contributed by atoms with van der Waals surface area (Å²) in [5, 5.41) is 3.34. The van der Waals surface area contributed by atoms with Crippen molar-refractivity contribution in [1.82, 2.24) is 4.98 Å². The first-order chi connectivity index (χ1) is 6.68. The topological polar surface area (TPSA) is 50.9 Å². The molecule has 0 aliphatic heterocycles. The van der Waals surface area contributed by atoms with Crippen LogP contribution in [0.2, 0.25) is 0 Å². The van der Waals surface area contributed by atoms with Crippen molar-refractivity contribution in [2.75, 3.05) is 17.6 Å². The number of hydrogen-bond acceptors (Lipinski definition) is 3. The smallest absolute Gasteiger partial charge is 0.128 e. The quantitative estimate of drug-likeness (QED) is 0.770. The Morgan fingerprint density at radius 3 is 2.86 bits per heavy atom. The predicted octanol–water partition coefficient (Wildman–Crippen LogP) is 2.27. The van der Waals surface area contributed by atoms with Crippen LogP contribution in [0.15, 0.2) is 18.2 Å². The largest absolute Gasteiger partial charge is 0.384 e. The Balaban J connectivity index is 1.91. The summed E-state index contributed by atoms with van der Waals surface area (Å²) in [5.41, 5.74) is 6.07. The molecule has 1 heterocycles. The Labute approximate surface area is 84.7 Å². The molecule has 0 amide bonds. The van der Waals surface area contributed by atoms with Crippen molar-refractivity contribution in [2.45, 2.75) is 26.2 Å². The van der Waals surface area contributed by atoms with Crippen molar-refractivity contribution < 1.29 is 0 Å². The Bertz CT molecular complexity index is 318. The van der Waals surface area contributed by atoms with Crippen LogP contribution < -0.4 is 11.1 Å². The van der Waals surface area contributed by atoms with Crippen molar-refractivity contribution in [2.24, 2.45) is 5.41 Å². The molecule has 3 nitrogen and oxygen atoms in total. The molecule has 0 radical (unpaired) electrons. The fourth-order valence-electron chi connectivity index (χ4n) is 1.81. The fourth-order valence-corrected chi connectivity index (χ4v) is 1.81. The second-order valence-corrected chi connectivity index (χ2v) is 4.47. The Morgan fingerprint density at radius 1 is 1.50 bits per heavy atom. The summed E-state index contributed by atoms with van der Waals surface area (Å²) < 4.78 is 0. The van der Waals surface area contributed by atoms with E-state index in [0.29, 0.717) is 11.2 Å². The molecular formula is C11H17N3. The first-order valence-electron chi connectivity index (χ1n) is 5.14. The van der Waals surface area contributed by atoms with E-state index in [1.165, 1.54) is 19.3 Å². The van der Waals surface area contributed by atoms with Crippen LogP contribution in [-0.2, 0) is 0 Å². The lowest BCUT2D eigenvalue weighted by atomic mass is 9.70. The molecule has 1 aliphatic carbocycles. The van der Waals surface area contributed by atoms with Gasteiger partial charge in [-0.25, -0.2) is 4.98 Å². The lowest BCUT2D eigenvalue weighted by Gasteiger charge is -2.38. The average Bonchev–Trinajstić information content (AvgIpc) is 2.12. The summed E-state index contributed by atoms with van der Waals surface area (Å²) in [6, 6.07) is 5.68. The Hall–Kier alpha value is -1.25. The second kappa shape index (κ2) is 3.48. The van der Waals surface area contributed by atoms with E-state index in [1.54, 1.807) is 6.07 Å². The third-order valence-electron chi connectivity index (χ3n) is 3.03. The number of nitrogen functional groups attached to an aromatic ring is 1. The van der Waals surface area contributed by atoms with Crippen LogP contribution >= 0.6 is 0 Å². The van der Waals surface area contributed by atoms with Gasteiger partial charge in [0.1, 0.15) is 11.6 Å². The van der Waals surface area contributed by atoms with Crippen LogP contribution in [-0.4, -0.2) is 11.5 Å². The number of hydrogen-bond donors (Lipinski definition) is 2. The number of nitrogens with one attached hydrogen (secondary N) is 1. The van der Waals surface area contributed by atoms with E-state index in [1.807, 2.05) is 12.1 Å². The first kappa shape index (κ1) is 9.31. The van der Waals surface area contributed by atoms with Gasteiger partial charge in [0.05, 0.1) is 0 Å². The molecule has 1 aliphatic rings. The molecule has 1 fully saturated rings. The molecule has 14 heavy (non-hydrogen) atoms. The van der Waals surface area contributed by atoms with Gasteiger partial charge in [0.2, 0.25) is 0 Å². The minimum atomic E-state index is 0.478. The standard InChI is InChI=1S/C11H17N3/c1-11(6-3-7-11)8-13-10-5-2-4-9(12)14-10/h2,4-5H,3,6-8H2,1H3,(H3,12,13,14). The lowest BCUT2D eigenvalue weighted by molar-refractivity contribution is 0.180. The van der Waals surface area contributed by atoms with E-state index in [4.69, 9.17) is 5.73 Å². The number of nitrogens with two attached hydrogens (primary N) is 1. The molecule has 76 valence electrons. The molecule has 2 rings (SSSR count). The molecule has 3 heteroatoms. The van der Waals surface area contributed by atoms with Gasteiger partial charge in [0, 0.05) is 6.54 Å². The van der Waals surface area contributed by atoms with Crippen LogP contribution in [0.25, 0.3) is 0 Å². The minimum Gasteiger partial charge on any atom is -0.384 e. The van der Waals surface area contributed by atoms with Gasteiger partial charge in [-0.1, -0.05) is 19.4 Å². The highest BCUT2D eigenvalue weighted by molar-refractivity contribution is 5.42. The average molecular weight is 191 g/mol. The lowest BCUT2D eigenvalue weighted by Crippen LogP contribution is -2.33. The van der Waals surface area contributed by atoms with Gasteiger partial charge in [0.25, 0.3) is 0 Å². The summed E-state index contributed by atoms with van der Waals surface area (Å²) >= 11 is 0. The molecule has 1 saturated carbocycles. The van der Waals surface area contributed by atoms with E-state index in [2.05, 4.69) is 17.2 Å². The molecule has 1 aromatic rings. The van der Waals surface area contributed by atoms with Gasteiger partial charge in [-0.3, -0.25) is 0 Å². The van der Waals surface area contributed by atoms with E-state index in [-0.39, 0.29) is 0 Å². The van der Waals surface area contributed by atoms with Crippen molar-refractivity contribution in [1.29, 1.82) is 0 Å². The monoisotopic (exact) mass is 191 g/mol. The maximum atomic E-state index is 5.59. The maximum absolute atomic E-state index is 5.59. The number of aromatic nitrogens is 1. The summed E-state index contributed by atoms with van der Waals surface area (Å²) in [6.07, 6.45) is 4.01. The zero-order valence-electron chi connectivity index (χ0n) is 8.59. The maximum Gasteiger partial charge on any atom is 0.128 e. The highest BCUT2D eigenvalue weighted by Gasteiger charge is 2.31. The molecule has 0 unspecified atom stereocenters. The Morgan fingerprint density at radius 2 is 2.29 bits per heavy atom. The van der Waals surface area contributed by atoms with Gasteiger partial charge in [-0.05, 0) is 30.4 Å². The summed E-state index contributed by atoms with van der Waals surface area (Å²) in [5.74, 6) is 1.46. The zero-order valence-corrected chi connectivity index (χ0v) is 8.59. The highest BCUT2D eigenvalue weighted by Crippen LogP contribution is 2.40. The van der Waals surface area contributed by atoms with Crippen molar-refractivity contribution in [3.05, 3.63) is 18.2 Å². The van der Waals surface area contributed by atoms with Crippen LogP contribution in [0.4, 0.5) is 11.6 Å². The molecule has 0 atom stereocenters. The molecular weight excluding hydrogens is 174 g/mol. The van der Waals surface area contributed by atoms with Crippen LogP contribution in [0.1, 0.15) is 26.2 Å². The second-order valence-electron chi connectivity index (χ2n) is 4.47. The third-order valence-corrected chi connectivity index (χ3v) is 3.03. The van der Waals surface area contributed by atoms with E-state index < -0.39 is 0 Å². The Kier molecular flexibility index (Phi) is 2.32. The number of rotatable bonds is 3. The van der Waals surface area contributed by atoms with Gasteiger partial charge in [-0.2, -0.15) is 0 Å². The molecule has 0 spiro atoms. The van der Waals surface area contributed by atoms with Crippen LogP contribution in [0.5, 0.6) is 0 Å². The SMILES string of the molecule is CC1(CNc2cccc(N)n2)CCC1. The minimum absolute atomic E-state index is 0.478. The fraction of sp³-hybridized carbons (Fsp3) is 0.545. The summed E-state index contributed by atoms with van der Waals surface area (Å²) in [4.78, 5) is 4.20. The van der Waals surface area contributed by atoms with Gasteiger partial charge in [0.15, 0.2) is 0 Å². The molecule has 0 bridgehead atoms. The molecule has 1 aromatic heterocycles. The van der Waals surface area contributed by atoms with E-state index >= 15 is 0 Å².